The van der Waals surface area contributed by atoms with Crippen LogP contribution in [0.2, 0.25) is 10.0 Å². The average molecular weight is 365 g/mol. The van der Waals surface area contributed by atoms with Gasteiger partial charge in [0.05, 0.1) is 16.7 Å². The van der Waals surface area contributed by atoms with Gasteiger partial charge in [-0.1, -0.05) is 35.3 Å². The quantitative estimate of drug-likeness (QED) is 0.756. The number of halogens is 4. The topological polar surface area (TPSA) is 21.3 Å². The van der Waals surface area contributed by atoms with E-state index >= 15 is 0 Å². The summed E-state index contributed by atoms with van der Waals surface area (Å²) in [5.74, 6) is 0.284. The van der Waals surface area contributed by atoms with Crippen LogP contribution in [0.5, 0.6) is 5.75 Å². The van der Waals surface area contributed by atoms with E-state index in [0.717, 1.165) is 11.1 Å². The standard InChI is InChI=1S/C16H16Cl2FNO.ClH/c1-2-21-16-14(17)7-12(8-15(16)18)10-20-9-11-3-5-13(19)6-4-11;/h3-8,20H,2,9-10H2,1H3;1H. The van der Waals surface area contributed by atoms with Gasteiger partial charge in [-0.2, -0.15) is 0 Å². The highest BCUT2D eigenvalue weighted by molar-refractivity contribution is 6.37. The molecule has 0 aromatic heterocycles. The minimum Gasteiger partial charge on any atom is -0.491 e. The second-order valence-electron chi connectivity index (χ2n) is 4.55. The maximum Gasteiger partial charge on any atom is 0.156 e. The van der Waals surface area contributed by atoms with E-state index in [1.165, 1.54) is 12.1 Å². The van der Waals surface area contributed by atoms with Gasteiger partial charge in [0.2, 0.25) is 0 Å². The Morgan fingerprint density at radius 2 is 1.55 bits per heavy atom. The lowest BCUT2D eigenvalue weighted by atomic mass is 10.2. The molecule has 2 aromatic carbocycles. The Morgan fingerprint density at radius 1 is 1.00 bits per heavy atom. The Morgan fingerprint density at radius 3 is 2.09 bits per heavy atom. The minimum atomic E-state index is -0.233. The zero-order valence-corrected chi connectivity index (χ0v) is 14.4. The van der Waals surface area contributed by atoms with Gasteiger partial charge in [-0.05, 0) is 42.3 Å². The van der Waals surface area contributed by atoms with Crippen LogP contribution in [0.25, 0.3) is 0 Å². The van der Waals surface area contributed by atoms with Crippen molar-refractivity contribution in [1.29, 1.82) is 0 Å². The smallest absolute Gasteiger partial charge is 0.156 e. The molecule has 120 valence electrons. The van der Waals surface area contributed by atoms with Crippen molar-refractivity contribution in [3.63, 3.8) is 0 Å². The number of ether oxygens (including phenoxy) is 1. The lowest BCUT2D eigenvalue weighted by molar-refractivity contribution is 0.340. The van der Waals surface area contributed by atoms with Crippen LogP contribution in [0, 0.1) is 5.82 Å². The second kappa shape index (κ2) is 9.21. The lowest BCUT2D eigenvalue weighted by Crippen LogP contribution is -2.12. The largest absolute Gasteiger partial charge is 0.491 e. The molecule has 0 saturated heterocycles. The van der Waals surface area contributed by atoms with Crippen LogP contribution in [0.1, 0.15) is 18.1 Å². The van der Waals surface area contributed by atoms with Crippen LogP contribution in [0.4, 0.5) is 4.39 Å². The van der Waals surface area contributed by atoms with E-state index in [9.17, 15) is 4.39 Å². The maximum absolute atomic E-state index is 12.8. The summed E-state index contributed by atoms with van der Waals surface area (Å²) in [4.78, 5) is 0. The Labute approximate surface area is 146 Å². The summed E-state index contributed by atoms with van der Waals surface area (Å²) in [6.07, 6.45) is 0. The van der Waals surface area contributed by atoms with E-state index in [-0.39, 0.29) is 18.2 Å². The molecule has 0 atom stereocenters. The molecule has 0 aliphatic carbocycles. The molecule has 2 rings (SSSR count). The molecule has 0 saturated carbocycles. The van der Waals surface area contributed by atoms with Gasteiger partial charge in [0, 0.05) is 13.1 Å². The van der Waals surface area contributed by atoms with Crippen molar-refractivity contribution in [1.82, 2.24) is 5.32 Å². The van der Waals surface area contributed by atoms with Crippen LogP contribution in [-0.4, -0.2) is 6.61 Å². The van der Waals surface area contributed by atoms with Gasteiger partial charge in [0.1, 0.15) is 5.82 Å². The molecule has 6 heteroatoms. The first kappa shape index (κ1) is 19.0. The summed E-state index contributed by atoms with van der Waals surface area (Å²) >= 11 is 12.3. The number of hydrogen-bond acceptors (Lipinski definition) is 2. The molecule has 0 aliphatic rings. The predicted octanol–water partition coefficient (Wildman–Crippen LogP) is 5.24. The van der Waals surface area contributed by atoms with E-state index in [1.54, 1.807) is 12.1 Å². The highest BCUT2D eigenvalue weighted by Gasteiger charge is 2.09. The Bertz CT molecular complexity index is 582. The molecule has 0 heterocycles. The number of benzene rings is 2. The SMILES string of the molecule is CCOc1c(Cl)cc(CNCc2ccc(F)cc2)cc1Cl.Cl. The second-order valence-corrected chi connectivity index (χ2v) is 5.37. The predicted molar refractivity (Wildman–Crippen MR) is 91.8 cm³/mol. The van der Waals surface area contributed by atoms with Crippen LogP contribution in [0.15, 0.2) is 36.4 Å². The zero-order valence-electron chi connectivity index (χ0n) is 12.0. The average Bonchev–Trinajstić information content (AvgIpc) is 2.45. The Hall–Kier alpha value is -1.000. The molecule has 1 N–H and O–H groups in total. The number of hydrogen-bond donors (Lipinski definition) is 1. The summed E-state index contributed by atoms with van der Waals surface area (Å²) in [5, 5.41) is 4.27. The van der Waals surface area contributed by atoms with E-state index in [2.05, 4.69) is 5.32 Å². The summed E-state index contributed by atoms with van der Waals surface area (Å²) < 4.78 is 18.2. The molecule has 0 unspecified atom stereocenters. The maximum atomic E-state index is 12.8. The monoisotopic (exact) mass is 363 g/mol. The minimum absolute atomic E-state index is 0. The van der Waals surface area contributed by atoms with Crippen molar-refractivity contribution in [2.75, 3.05) is 6.61 Å². The highest BCUT2D eigenvalue weighted by Crippen LogP contribution is 2.34. The molecule has 0 aliphatic heterocycles. The molecular weight excluding hydrogens is 348 g/mol. The summed E-state index contributed by atoms with van der Waals surface area (Å²) in [5.41, 5.74) is 1.98. The van der Waals surface area contributed by atoms with Crippen molar-refractivity contribution in [2.24, 2.45) is 0 Å². The first-order valence-electron chi connectivity index (χ1n) is 6.66. The van der Waals surface area contributed by atoms with Crippen molar-refractivity contribution >= 4 is 35.6 Å². The fourth-order valence-electron chi connectivity index (χ4n) is 1.95. The lowest BCUT2D eigenvalue weighted by Gasteiger charge is -2.11. The zero-order chi connectivity index (χ0) is 15.2. The molecule has 0 radical (unpaired) electrons. The third-order valence-corrected chi connectivity index (χ3v) is 3.48. The van der Waals surface area contributed by atoms with Gasteiger partial charge in [-0.15, -0.1) is 12.4 Å². The van der Waals surface area contributed by atoms with Crippen LogP contribution >= 0.6 is 35.6 Å². The van der Waals surface area contributed by atoms with E-state index < -0.39 is 0 Å². The van der Waals surface area contributed by atoms with Gasteiger partial charge in [-0.25, -0.2) is 4.39 Å². The molecule has 0 fully saturated rings. The number of nitrogens with one attached hydrogen (secondary N) is 1. The highest BCUT2D eigenvalue weighted by atomic mass is 35.5. The fourth-order valence-corrected chi connectivity index (χ4v) is 2.59. The van der Waals surface area contributed by atoms with E-state index in [1.807, 2.05) is 19.1 Å². The van der Waals surface area contributed by atoms with Gasteiger partial charge in [0.25, 0.3) is 0 Å². The fraction of sp³-hybridized carbons (Fsp3) is 0.250. The Balaban J connectivity index is 0.00000242. The molecule has 2 nitrogen and oxygen atoms in total. The van der Waals surface area contributed by atoms with Crippen molar-refractivity contribution in [2.45, 2.75) is 20.0 Å². The third kappa shape index (κ3) is 5.33. The van der Waals surface area contributed by atoms with Crippen molar-refractivity contribution < 1.29 is 9.13 Å². The molecular formula is C16H17Cl3FNO. The van der Waals surface area contributed by atoms with Gasteiger partial charge < -0.3 is 10.1 Å². The van der Waals surface area contributed by atoms with Gasteiger partial charge in [0.15, 0.2) is 5.75 Å². The van der Waals surface area contributed by atoms with E-state index in [4.69, 9.17) is 27.9 Å². The molecule has 22 heavy (non-hydrogen) atoms. The van der Waals surface area contributed by atoms with Gasteiger partial charge >= 0.3 is 0 Å². The van der Waals surface area contributed by atoms with Crippen LogP contribution in [-0.2, 0) is 13.1 Å². The summed E-state index contributed by atoms with van der Waals surface area (Å²) in [6.45, 7) is 3.65. The van der Waals surface area contributed by atoms with Crippen LogP contribution < -0.4 is 10.1 Å². The molecule has 2 aromatic rings. The van der Waals surface area contributed by atoms with Gasteiger partial charge in [-0.3, -0.25) is 0 Å². The van der Waals surface area contributed by atoms with E-state index in [0.29, 0.717) is 35.5 Å². The third-order valence-electron chi connectivity index (χ3n) is 2.92. The first-order chi connectivity index (χ1) is 10.1. The summed E-state index contributed by atoms with van der Waals surface area (Å²) in [6, 6.07) is 10.1. The first-order valence-corrected chi connectivity index (χ1v) is 7.41. The molecule has 0 bridgehead atoms. The summed E-state index contributed by atoms with van der Waals surface area (Å²) in [7, 11) is 0. The van der Waals surface area contributed by atoms with Crippen molar-refractivity contribution in [3.8, 4) is 5.75 Å². The molecule has 0 spiro atoms. The number of rotatable bonds is 6. The molecule has 0 amide bonds. The normalized spacial score (nSPS) is 10.2. The van der Waals surface area contributed by atoms with Crippen LogP contribution in [0.3, 0.4) is 0 Å². The van der Waals surface area contributed by atoms with Crippen molar-refractivity contribution in [3.05, 3.63) is 63.4 Å². The Kier molecular flexibility index (Phi) is 7.97.